The molecule has 0 fully saturated rings. The molecule has 3 heteroatoms. The lowest BCUT2D eigenvalue weighted by molar-refractivity contribution is 0.381. The van der Waals surface area contributed by atoms with Gasteiger partial charge in [-0.15, -0.1) is 11.3 Å². The van der Waals surface area contributed by atoms with Crippen molar-refractivity contribution in [3.63, 3.8) is 0 Å². The predicted molar refractivity (Wildman–Crippen MR) is 72.3 cm³/mol. The number of rotatable bonds is 5. The van der Waals surface area contributed by atoms with E-state index in [1.165, 1.54) is 15.6 Å². The Morgan fingerprint density at radius 3 is 2.50 bits per heavy atom. The lowest BCUT2D eigenvalue weighted by atomic mass is 9.97. The summed E-state index contributed by atoms with van der Waals surface area (Å²) in [6.45, 7) is 13.2. The Morgan fingerprint density at radius 1 is 1.31 bits per heavy atom. The Balaban J connectivity index is 2.32. The summed E-state index contributed by atoms with van der Waals surface area (Å²) in [5, 5.41) is 4.76. The molecular weight excluding hydrogens is 216 g/mol. The van der Waals surface area contributed by atoms with Crippen LogP contribution >= 0.6 is 11.3 Å². The molecule has 0 amide bonds. The number of aromatic nitrogens is 1. The molecule has 1 rings (SSSR count). The monoisotopic (exact) mass is 240 g/mol. The zero-order chi connectivity index (χ0) is 12.2. The maximum Gasteiger partial charge on any atom is 0.0943 e. The molecule has 2 nitrogen and oxygen atoms in total. The molecule has 0 aromatic carbocycles. The van der Waals surface area contributed by atoms with Crippen molar-refractivity contribution in [2.45, 2.75) is 47.5 Å². The van der Waals surface area contributed by atoms with Gasteiger partial charge in [0.2, 0.25) is 0 Å². The second-order valence-corrected chi connectivity index (χ2v) is 6.74. The van der Waals surface area contributed by atoms with Crippen molar-refractivity contribution in [2.24, 2.45) is 5.41 Å². The summed E-state index contributed by atoms with van der Waals surface area (Å²) in [6, 6.07) is 0. The van der Waals surface area contributed by atoms with Crippen molar-refractivity contribution in [2.75, 3.05) is 13.1 Å². The fraction of sp³-hybridized carbons (Fsp3) is 0.769. The van der Waals surface area contributed by atoms with E-state index in [0.29, 0.717) is 5.41 Å². The van der Waals surface area contributed by atoms with Gasteiger partial charge in [0.1, 0.15) is 0 Å². The molecule has 0 radical (unpaired) electrons. The molecular formula is C13H24N2S. The highest BCUT2D eigenvalue weighted by atomic mass is 32.1. The zero-order valence-corrected chi connectivity index (χ0v) is 12.0. The van der Waals surface area contributed by atoms with Crippen LogP contribution in [0.1, 0.15) is 43.3 Å². The number of nitrogens with zero attached hydrogens (tertiary/aromatic N) is 1. The van der Waals surface area contributed by atoms with Crippen LogP contribution in [0, 0.1) is 12.3 Å². The number of aryl methyl sites for hydroxylation is 2. The lowest BCUT2D eigenvalue weighted by Crippen LogP contribution is -2.28. The first-order valence-corrected chi connectivity index (χ1v) is 6.90. The van der Waals surface area contributed by atoms with Gasteiger partial charge in [-0.1, -0.05) is 27.7 Å². The fourth-order valence-corrected chi connectivity index (χ4v) is 2.60. The maximum absolute atomic E-state index is 4.64. The van der Waals surface area contributed by atoms with E-state index in [-0.39, 0.29) is 0 Å². The number of thiazole rings is 1. The molecule has 1 N–H and O–H groups in total. The zero-order valence-electron chi connectivity index (χ0n) is 11.2. The van der Waals surface area contributed by atoms with Crippen LogP contribution in [0.15, 0.2) is 0 Å². The van der Waals surface area contributed by atoms with E-state index < -0.39 is 0 Å². The first kappa shape index (κ1) is 13.7. The smallest absolute Gasteiger partial charge is 0.0943 e. The van der Waals surface area contributed by atoms with Gasteiger partial charge in [0.05, 0.1) is 10.7 Å². The largest absolute Gasteiger partial charge is 0.316 e. The molecule has 1 aromatic heterocycles. The molecule has 16 heavy (non-hydrogen) atoms. The Kier molecular flexibility index (Phi) is 4.93. The SMILES string of the molecule is CCc1nc(CCNCC(C)(C)C)sc1C. The summed E-state index contributed by atoms with van der Waals surface area (Å²) in [5.74, 6) is 0. The third kappa shape index (κ3) is 4.62. The second kappa shape index (κ2) is 5.78. The molecule has 0 aliphatic heterocycles. The van der Waals surface area contributed by atoms with Crippen molar-refractivity contribution >= 4 is 11.3 Å². The normalized spacial score (nSPS) is 12.1. The summed E-state index contributed by atoms with van der Waals surface area (Å²) in [7, 11) is 0. The Bertz CT molecular complexity index is 323. The van der Waals surface area contributed by atoms with Gasteiger partial charge in [-0.05, 0) is 18.8 Å². The minimum Gasteiger partial charge on any atom is -0.316 e. The van der Waals surface area contributed by atoms with Gasteiger partial charge < -0.3 is 5.32 Å². The summed E-state index contributed by atoms with van der Waals surface area (Å²) in [4.78, 5) is 6.02. The van der Waals surface area contributed by atoms with Crippen molar-refractivity contribution in [1.82, 2.24) is 10.3 Å². The van der Waals surface area contributed by atoms with Gasteiger partial charge in [-0.2, -0.15) is 0 Å². The van der Waals surface area contributed by atoms with E-state index in [9.17, 15) is 0 Å². The molecule has 0 aliphatic rings. The van der Waals surface area contributed by atoms with Crippen LogP contribution in [0.5, 0.6) is 0 Å². The predicted octanol–water partition coefficient (Wildman–Crippen LogP) is 3.19. The van der Waals surface area contributed by atoms with Crippen LogP contribution in [-0.4, -0.2) is 18.1 Å². The maximum atomic E-state index is 4.64. The lowest BCUT2D eigenvalue weighted by Gasteiger charge is -2.18. The number of nitrogens with one attached hydrogen (secondary N) is 1. The summed E-state index contributed by atoms with van der Waals surface area (Å²) in [6.07, 6.45) is 2.11. The van der Waals surface area contributed by atoms with Crippen molar-refractivity contribution in [3.8, 4) is 0 Å². The molecule has 92 valence electrons. The number of hydrogen-bond acceptors (Lipinski definition) is 3. The van der Waals surface area contributed by atoms with Crippen LogP contribution in [0.3, 0.4) is 0 Å². The second-order valence-electron chi connectivity index (χ2n) is 5.45. The van der Waals surface area contributed by atoms with Gasteiger partial charge in [-0.25, -0.2) is 4.98 Å². The number of hydrogen-bond donors (Lipinski definition) is 1. The van der Waals surface area contributed by atoms with Crippen LogP contribution in [0.2, 0.25) is 0 Å². The average molecular weight is 240 g/mol. The van der Waals surface area contributed by atoms with Crippen LogP contribution in [0.25, 0.3) is 0 Å². The van der Waals surface area contributed by atoms with Gasteiger partial charge in [0, 0.05) is 24.4 Å². The molecule has 1 aromatic rings. The minimum atomic E-state index is 0.368. The Hall–Kier alpha value is -0.410. The van der Waals surface area contributed by atoms with E-state index in [2.05, 4.69) is 44.9 Å². The van der Waals surface area contributed by atoms with Crippen LogP contribution < -0.4 is 5.32 Å². The van der Waals surface area contributed by atoms with E-state index in [4.69, 9.17) is 0 Å². The summed E-state index contributed by atoms with van der Waals surface area (Å²) in [5.41, 5.74) is 1.64. The third-order valence-electron chi connectivity index (χ3n) is 2.44. The van der Waals surface area contributed by atoms with Crippen LogP contribution in [-0.2, 0) is 12.8 Å². The molecule has 0 atom stereocenters. The molecule has 0 saturated heterocycles. The quantitative estimate of drug-likeness (QED) is 0.800. The fourth-order valence-electron chi connectivity index (χ4n) is 1.58. The molecule has 1 heterocycles. The molecule has 0 saturated carbocycles. The van der Waals surface area contributed by atoms with E-state index >= 15 is 0 Å². The van der Waals surface area contributed by atoms with Gasteiger partial charge >= 0.3 is 0 Å². The highest BCUT2D eigenvalue weighted by Gasteiger charge is 2.09. The topological polar surface area (TPSA) is 24.9 Å². The third-order valence-corrected chi connectivity index (χ3v) is 3.52. The van der Waals surface area contributed by atoms with Crippen molar-refractivity contribution in [1.29, 1.82) is 0 Å². The molecule has 0 spiro atoms. The van der Waals surface area contributed by atoms with Crippen LogP contribution in [0.4, 0.5) is 0 Å². The molecule has 0 bridgehead atoms. The average Bonchev–Trinajstić information content (AvgIpc) is 2.52. The van der Waals surface area contributed by atoms with Gasteiger partial charge in [0.15, 0.2) is 0 Å². The standard InChI is InChI=1S/C13H24N2S/c1-6-11-10(2)16-12(15-11)7-8-14-9-13(3,4)5/h14H,6-9H2,1-5H3. The van der Waals surface area contributed by atoms with Crippen molar-refractivity contribution < 1.29 is 0 Å². The van der Waals surface area contributed by atoms with E-state index in [0.717, 1.165) is 25.9 Å². The summed E-state index contributed by atoms with van der Waals surface area (Å²) >= 11 is 1.85. The molecule has 0 unspecified atom stereocenters. The Morgan fingerprint density at radius 2 is 2.00 bits per heavy atom. The van der Waals surface area contributed by atoms with Gasteiger partial charge in [-0.3, -0.25) is 0 Å². The molecule has 0 aliphatic carbocycles. The minimum absolute atomic E-state index is 0.368. The van der Waals surface area contributed by atoms with E-state index in [1.54, 1.807) is 0 Å². The van der Waals surface area contributed by atoms with Crippen molar-refractivity contribution in [3.05, 3.63) is 15.6 Å². The Labute approximate surface area is 103 Å². The van der Waals surface area contributed by atoms with Gasteiger partial charge in [0.25, 0.3) is 0 Å². The highest BCUT2D eigenvalue weighted by molar-refractivity contribution is 7.11. The van der Waals surface area contributed by atoms with E-state index in [1.807, 2.05) is 11.3 Å². The summed E-state index contributed by atoms with van der Waals surface area (Å²) < 4.78 is 0. The first-order chi connectivity index (χ1) is 7.42. The first-order valence-electron chi connectivity index (χ1n) is 6.08. The highest BCUT2D eigenvalue weighted by Crippen LogP contribution is 2.18.